The lowest BCUT2D eigenvalue weighted by Gasteiger charge is -2.42. The number of para-hydroxylation sites is 1. The van der Waals surface area contributed by atoms with E-state index in [2.05, 4.69) is 17.0 Å². The Labute approximate surface area is 173 Å². The van der Waals surface area contributed by atoms with E-state index >= 15 is 0 Å². The normalized spacial score (nSPS) is 19.5. The van der Waals surface area contributed by atoms with Gasteiger partial charge in [-0.25, -0.2) is 0 Å². The number of likely N-dealkylation sites (tertiary alicyclic amines) is 1. The van der Waals surface area contributed by atoms with Gasteiger partial charge in [0.1, 0.15) is 0 Å². The lowest BCUT2D eigenvalue weighted by atomic mass is 9.89. The zero-order valence-corrected chi connectivity index (χ0v) is 17.3. The van der Waals surface area contributed by atoms with Gasteiger partial charge in [-0.05, 0) is 30.5 Å². The highest BCUT2D eigenvalue weighted by molar-refractivity contribution is 5.94. The molecule has 0 aliphatic carbocycles. The number of piperidine rings is 1. The fourth-order valence-electron chi connectivity index (χ4n) is 4.11. The smallest absolute Gasteiger partial charge is 0.312 e. The minimum atomic E-state index is -0.361. The van der Waals surface area contributed by atoms with Gasteiger partial charge in [-0.15, -0.1) is 0 Å². The molecule has 1 heterocycles. The van der Waals surface area contributed by atoms with Crippen molar-refractivity contribution in [3.8, 4) is 0 Å². The first-order valence-corrected chi connectivity index (χ1v) is 10.3. The second-order valence-electron chi connectivity index (χ2n) is 7.47. The molecule has 2 aromatic carbocycles. The summed E-state index contributed by atoms with van der Waals surface area (Å²) in [6, 6.07) is 19.8. The number of carbonyl (C=O) groups excluding carboxylic acids is 2. The van der Waals surface area contributed by atoms with Crippen LogP contribution in [0.1, 0.15) is 25.3 Å². The monoisotopic (exact) mass is 394 g/mol. The summed E-state index contributed by atoms with van der Waals surface area (Å²) in [4.78, 5) is 29.6. The second kappa shape index (κ2) is 10.2. The molecule has 0 aromatic heterocycles. The molecule has 154 valence electrons. The summed E-state index contributed by atoms with van der Waals surface area (Å²) >= 11 is 0. The van der Waals surface area contributed by atoms with Gasteiger partial charge < -0.3 is 14.5 Å². The standard InChI is InChI=1S/C24H30N2O3/c1-3-23(27)26(20-12-8-5-9-13-20)22-15-17-25(18-21(22)24(28)29-2)16-14-19-10-6-4-7-11-19/h4-13,21-22H,3,14-18H2,1-2H3. The second-order valence-corrected chi connectivity index (χ2v) is 7.47. The molecule has 1 aliphatic heterocycles. The van der Waals surface area contributed by atoms with Gasteiger partial charge >= 0.3 is 5.97 Å². The highest BCUT2D eigenvalue weighted by atomic mass is 16.5. The average Bonchev–Trinajstić information content (AvgIpc) is 2.79. The molecule has 0 radical (unpaired) electrons. The van der Waals surface area contributed by atoms with E-state index in [1.54, 1.807) is 0 Å². The first-order valence-electron chi connectivity index (χ1n) is 10.3. The van der Waals surface area contributed by atoms with Crippen molar-refractivity contribution >= 4 is 17.6 Å². The molecule has 0 saturated carbocycles. The molecule has 29 heavy (non-hydrogen) atoms. The third kappa shape index (κ3) is 5.24. The van der Waals surface area contributed by atoms with Crippen LogP contribution in [-0.4, -0.2) is 49.6 Å². The predicted octanol–water partition coefficient (Wildman–Crippen LogP) is 3.54. The Hall–Kier alpha value is -2.66. The lowest BCUT2D eigenvalue weighted by molar-refractivity contribution is -0.148. The number of esters is 1. The third-order valence-corrected chi connectivity index (χ3v) is 5.66. The molecule has 5 nitrogen and oxygen atoms in total. The minimum Gasteiger partial charge on any atom is -0.469 e. The van der Waals surface area contributed by atoms with Crippen LogP contribution in [-0.2, 0) is 20.7 Å². The van der Waals surface area contributed by atoms with E-state index in [0.29, 0.717) is 13.0 Å². The van der Waals surface area contributed by atoms with Gasteiger partial charge in [0.05, 0.1) is 19.1 Å². The van der Waals surface area contributed by atoms with Gasteiger partial charge in [-0.2, -0.15) is 0 Å². The molecular weight excluding hydrogens is 364 g/mol. The lowest BCUT2D eigenvalue weighted by Crippen LogP contribution is -2.56. The highest BCUT2D eigenvalue weighted by Gasteiger charge is 2.40. The third-order valence-electron chi connectivity index (χ3n) is 5.66. The zero-order chi connectivity index (χ0) is 20.6. The SMILES string of the molecule is CCC(=O)N(c1ccccc1)C1CCN(CCc2ccccc2)CC1C(=O)OC. The van der Waals surface area contributed by atoms with E-state index in [9.17, 15) is 9.59 Å². The van der Waals surface area contributed by atoms with Crippen molar-refractivity contribution in [2.24, 2.45) is 5.92 Å². The molecule has 0 bridgehead atoms. The molecule has 2 aromatic rings. The molecule has 3 rings (SSSR count). The van der Waals surface area contributed by atoms with Crippen molar-refractivity contribution in [1.29, 1.82) is 0 Å². The van der Waals surface area contributed by atoms with Crippen molar-refractivity contribution in [3.63, 3.8) is 0 Å². The summed E-state index contributed by atoms with van der Waals surface area (Å²) in [5, 5.41) is 0. The van der Waals surface area contributed by atoms with E-state index in [0.717, 1.165) is 31.6 Å². The van der Waals surface area contributed by atoms with Crippen molar-refractivity contribution in [1.82, 2.24) is 4.90 Å². The predicted molar refractivity (Wildman–Crippen MR) is 115 cm³/mol. The molecule has 1 amide bonds. The number of anilines is 1. The molecule has 1 aliphatic rings. The van der Waals surface area contributed by atoms with Crippen LogP contribution < -0.4 is 4.90 Å². The molecular formula is C24H30N2O3. The van der Waals surface area contributed by atoms with E-state index in [1.807, 2.05) is 60.4 Å². The van der Waals surface area contributed by atoms with Crippen LogP contribution in [0.5, 0.6) is 0 Å². The number of amides is 1. The topological polar surface area (TPSA) is 49.9 Å². The first kappa shape index (κ1) is 21.1. The van der Waals surface area contributed by atoms with Gasteiger partial charge in [0.25, 0.3) is 0 Å². The molecule has 5 heteroatoms. The Morgan fingerprint density at radius 1 is 1.07 bits per heavy atom. The molecule has 0 N–H and O–H groups in total. The number of rotatable bonds is 7. The number of methoxy groups -OCH3 is 1. The Bertz CT molecular complexity index is 794. The summed E-state index contributed by atoms with van der Waals surface area (Å²) in [6.45, 7) is 4.20. The van der Waals surface area contributed by atoms with Gasteiger partial charge in [0.15, 0.2) is 0 Å². The van der Waals surface area contributed by atoms with Crippen molar-refractivity contribution in [2.75, 3.05) is 31.6 Å². The van der Waals surface area contributed by atoms with Crippen LogP contribution in [0.4, 0.5) is 5.69 Å². The molecule has 1 fully saturated rings. The van der Waals surface area contributed by atoms with E-state index in [-0.39, 0.29) is 23.8 Å². The highest BCUT2D eigenvalue weighted by Crippen LogP contribution is 2.29. The largest absolute Gasteiger partial charge is 0.469 e. The maximum absolute atomic E-state index is 12.8. The van der Waals surface area contributed by atoms with Gasteiger partial charge in [-0.3, -0.25) is 9.59 Å². The quantitative estimate of drug-likeness (QED) is 0.674. The number of benzene rings is 2. The Kier molecular flexibility index (Phi) is 7.42. The van der Waals surface area contributed by atoms with Gasteiger partial charge in [0, 0.05) is 31.7 Å². The van der Waals surface area contributed by atoms with Gasteiger partial charge in [-0.1, -0.05) is 55.5 Å². The van der Waals surface area contributed by atoms with Crippen LogP contribution in [0.2, 0.25) is 0 Å². The van der Waals surface area contributed by atoms with Crippen molar-refractivity contribution < 1.29 is 14.3 Å². The molecule has 0 spiro atoms. The van der Waals surface area contributed by atoms with E-state index in [1.165, 1.54) is 12.7 Å². The first-order chi connectivity index (χ1) is 14.1. The zero-order valence-electron chi connectivity index (χ0n) is 17.3. The molecule has 2 unspecified atom stereocenters. The Morgan fingerprint density at radius 3 is 2.34 bits per heavy atom. The van der Waals surface area contributed by atoms with Crippen LogP contribution in [0.25, 0.3) is 0 Å². The fourth-order valence-corrected chi connectivity index (χ4v) is 4.11. The van der Waals surface area contributed by atoms with Crippen LogP contribution in [0, 0.1) is 5.92 Å². The number of carbonyl (C=O) groups is 2. The van der Waals surface area contributed by atoms with Crippen LogP contribution >= 0.6 is 0 Å². The molecule has 2 atom stereocenters. The number of ether oxygens (including phenoxy) is 1. The van der Waals surface area contributed by atoms with E-state index < -0.39 is 0 Å². The number of hydrogen-bond acceptors (Lipinski definition) is 4. The summed E-state index contributed by atoms with van der Waals surface area (Å²) < 4.78 is 5.13. The van der Waals surface area contributed by atoms with Gasteiger partial charge in [0.2, 0.25) is 5.91 Å². The maximum Gasteiger partial charge on any atom is 0.312 e. The molecule has 1 saturated heterocycles. The minimum absolute atomic E-state index is 0.0350. The summed E-state index contributed by atoms with van der Waals surface area (Å²) in [5.74, 6) is -0.572. The maximum atomic E-state index is 12.8. The Balaban J connectivity index is 1.77. The Morgan fingerprint density at radius 2 is 1.72 bits per heavy atom. The average molecular weight is 395 g/mol. The summed E-state index contributed by atoms with van der Waals surface area (Å²) in [7, 11) is 1.43. The van der Waals surface area contributed by atoms with Crippen LogP contribution in [0.3, 0.4) is 0 Å². The van der Waals surface area contributed by atoms with Crippen molar-refractivity contribution in [2.45, 2.75) is 32.2 Å². The van der Waals surface area contributed by atoms with Crippen molar-refractivity contribution in [3.05, 3.63) is 66.2 Å². The number of nitrogens with zero attached hydrogens (tertiary/aromatic N) is 2. The van der Waals surface area contributed by atoms with Crippen LogP contribution in [0.15, 0.2) is 60.7 Å². The fraction of sp³-hybridized carbons (Fsp3) is 0.417. The number of hydrogen-bond donors (Lipinski definition) is 0. The van der Waals surface area contributed by atoms with E-state index in [4.69, 9.17) is 4.74 Å². The summed E-state index contributed by atoms with van der Waals surface area (Å²) in [5.41, 5.74) is 2.13. The summed E-state index contributed by atoms with van der Waals surface area (Å²) in [6.07, 6.45) is 2.09.